The third kappa shape index (κ3) is 2.73. The van der Waals surface area contributed by atoms with Gasteiger partial charge < -0.3 is 0 Å². The smallest absolute Gasteiger partial charge is 0.137 e. The molecule has 0 spiro atoms. The molecule has 0 radical (unpaired) electrons. The normalized spacial score (nSPS) is 18.6. The van der Waals surface area contributed by atoms with E-state index >= 15 is 0 Å². The number of hydrogen-bond donors (Lipinski definition) is 0. The number of hydrogen-bond acceptors (Lipinski definition) is 0. The van der Waals surface area contributed by atoms with Crippen molar-refractivity contribution in [2.24, 2.45) is 5.92 Å². The fraction of sp³-hybridized carbons (Fsp3) is 0.500. The average Bonchev–Trinajstić information content (AvgIpc) is 2.15. The van der Waals surface area contributed by atoms with Crippen molar-refractivity contribution in [1.29, 1.82) is 0 Å². The molecule has 1 aliphatic rings. The Kier molecular flexibility index (Phi) is 3.68. The van der Waals surface area contributed by atoms with Crippen molar-refractivity contribution in [3.63, 3.8) is 0 Å². The van der Waals surface area contributed by atoms with E-state index in [2.05, 4.69) is 15.9 Å². The fourth-order valence-electron chi connectivity index (χ4n) is 1.86. The van der Waals surface area contributed by atoms with Gasteiger partial charge in [0.1, 0.15) is 5.82 Å². The van der Waals surface area contributed by atoms with Crippen molar-refractivity contribution in [3.05, 3.63) is 34.1 Å². The van der Waals surface area contributed by atoms with Gasteiger partial charge in [-0.15, -0.1) is 11.6 Å². The summed E-state index contributed by atoms with van der Waals surface area (Å²) in [6.07, 6.45) is 4.94. The summed E-state index contributed by atoms with van der Waals surface area (Å²) in [6, 6.07) is 5.03. The molecule has 1 atom stereocenters. The van der Waals surface area contributed by atoms with Gasteiger partial charge in [0, 0.05) is 0 Å². The Morgan fingerprint density at radius 1 is 1.47 bits per heavy atom. The summed E-state index contributed by atoms with van der Waals surface area (Å²) in [5.74, 6) is 0.544. The molecule has 2 rings (SSSR count). The van der Waals surface area contributed by atoms with Crippen LogP contribution in [-0.2, 0) is 0 Å². The van der Waals surface area contributed by atoms with Crippen molar-refractivity contribution >= 4 is 27.5 Å². The second-order valence-electron chi connectivity index (χ2n) is 4.17. The average molecular weight is 292 g/mol. The van der Waals surface area contributed by atoms with E-state index < -0.39 is 0 Å². The predicted octanol–water partition coefficient (Wildman–Crippen LogP) is 5.06. The topological polar surface area (TPSA) is 0 Å². The van der Waals surface area contributed by atoms with Crippen LogP contribution in [0.25, 0.3) is 0 Å². The Labute approximate surface area is 103 Å². The summed E-state index contributed by atoms with van der Waals surface area (Å²) in [6.45, 7) is 0. The minimum atomic E-state index is -0.230. The SMILES string of the molecule is Fc1ccc(C(Cl)CC2CCC2)cc1Br. The highest BCUT2D eigenvalue weighted by Crippen LogP contribution is 2.38. The molecule has 0 saturated heterocycles. The first-order valence-corrected chi connectivity index (χ1v) is 6.49. The van der Waals surface area contributed by atoms with Crippen LogP contribution in [0.4, 0.5) is 4.39 Å². The number of benzene rings is 1. The highest BCUT2D eigenvalue weighted by atomic mass is 79.9. The van der Waals surface area contributed by atoms with E-state index in [0.29, 0.717) is 4.47 Å². The van der Waals surface area contributed by atoms with Crippen molar-refractivity contribution in [3.8, 4) is 0 Å². The van der Waals surface area contributed by atoms with E-state index in [1.165, 1.54) is 25.3 Å². The monoisotopic (exact) mass is 290 g/mol. The van der Waals surface area contributed by atoms with Crippen molar-refractivity contribution in [2.75, 3.05) is 0 Å². The van der Waals surface area contributed by atoms with Crippen molar-refractivity contribution < 1.29 is 4.39 Å². The summed E-state index contributed by atoms with van der Waals surface area (Å²) in [5, 5.41) is 0.0206. The van der Waals surface area contributed by atoms with E-state index in [1.54, 1.807) is 12.1 Å². The van der Waals surface area contributed by atoms with Gasteiger partial charge in [0.05, 0.1) is 9.85 Å². The molecule has 0 amide bonds. The van der Waals surface area contributed by atoms with Crippen LogP contribution in [0.1, 0.15) is 36.6 Å². The third-order valence-electron chi connectivity index (χ3n) is 3.07. The van der Waals surface area contributed by atoms with E-state index in [4.69, 9.17) is 11.6 Å². The molecule has 1 aromatic carbocycles. The molecule has 0 bridgehead atoms. The Bertz CT molecular complexity index is 349. The van der Waals surface area contributed by atoms with Crippen LogP contribution in [0.15, 0.2) is 22.7 Å². The van der Waals surface area contributed by atoms with Crippen LogP contribution in [0, 0.1) is 11.7 Å². The zero-order valence-corrected chi connectivity index (χ0v) is 10.7. The standard InChI is InChI=1S/C12H13BrClF/c13-10-7-9(4-5-12(10)15)11(14)6-8-2-1-3-8/h4-5,7-8,11H,1-3,6H2. The maximum Gasteiger partial charge on any atom is 0.137 e. The summed E-state index contributed by atoms with van der Waals surface area (Å²) < 4.78 is 13.5. The molecule has 1 unspecified atom stereocenters. The molecule has 0 nitrogen and oxygen atoms in total. The maximum atomic E-state index is 13.0. The van der Waals surface area contributed by atoms with Gasteiger partial charge in [0.25, 0.3) is 0 Å². The lowest BCUT2D eigenvalue weighted by Gasteiger charge is -2.27. The fourth-order valence-corrected chi connectivity index (χ4v) is 2.65. The summed E-state index contributed by atoms with van der Waals surface area (Å²) in [4.78, 5) is 0. The molecule has 1 fully saturated rings. The highest BCUT2D eigenvalue weighted by Gasteiger charge is 2.22. The van der Waals surface area contributed by atoms with Crippen LogP contribution in [0.2, 0.25) is 0 Å². The largest absolute Gasteiger partial charge is 0.206 e. The lowest BCUT2D eigenvalue weighted by molar-refractivity contribution is 0.293. The molecule has 0 N–H and O–H groups in total. The molecular weight excluding hydrogens is 278 g/mol. The summed E-state index contributed by atoms with van der Waals surface area (Å²) in [7, 11) is 0. The summed E-state index contributed by atoms with van der Waals surface area (Å²) >= 11 is 9.47. The highest BCUT2D eigenvalue weighted by molar-refractivity contribution is 9.10. The quantitative estimate of drug-likeness (QED) is 0.683. The van der Waals surface area contributed by atoms with Crippen LogP contribution >= 0.6 is 27.5 Å². The first-order valence-electron chi connectivity index (χ1n) is 5.26. The molecule has 3 heteroatoms. The van der Waals surface area contributed by atoms with Crippen LogP contribution in [-0.4, -0.2) is 0 Å². The van der Waals surface area contributed by atoms with Crippen LogP contribution in [0.3, 0.4) is 0 Å². The van der Waals surface area contributed by atoms with E-state index in [-0.39, 0.29) is 11.2 Å². The van der Waals surface area contributed by atoms with Crippen LogP contribution in [0.5, 0.6) is 0 Å². The van der Waals surface area contributed by atoms with Gasteiger partial charge in [-0.2, -0.15) is 0 Å². The van der Waals surface area contributed by atoms with Gasteiger partial charge in [0.2, 0.25) is 0 Å². The molecule has 0 aromatic heterocycles. The minimum absolute atomic E-state index is 0.0206. The van der Waals surface area contributed by atoms with Gasteiger partial charge in [-0.25, -0.2) is 4.39 Å². The second-order valence-corrected chi connectivity index (χ2v) is 5.55. The lowest BCUT2D eigenvalue weighted by atomic mass is 9.81. The molecule has 0 heterocycles. The van der Waals surface area contributed by atoms with Gasteiger partial charge in [-0.1, -0.05) is 25.3 Å². The van der Waals surface area contributed by atoms with Crippen molar-refractivity contribution in [1.82, 2.24) is 0 Å². The number of rotatable bonds is 3. The molecule has 15 heavy (non-hydrogen) atoms. The molecular formula is C12H13BrClF. The predicted molar refractivity (Wildman–Crippen MR) is 64.7 cm³/mol. The van der Waals surface area contributed by atoms with Gasteiger partial charge in [0.15, 0.2) is 0 Å². The Balaban J connectivity index is 2.03. The minimum Gasteiger partial charge on any atom is -0.206 e. The third-order valence-corrected chi connectivity index (χ3v) is 4.11. The Morgan fingerprint density at radius 3 is 2.73 bits per heavy atom. The van der Waals surface area contributed by atoms with Gasteiger partial charge in [-0.3, -0.25) is 0 Å². The number of halogens is 3. The van der Waals surface area contributed by atoms with E-state index in [1.807, 2.05) is 0 Å². The van der Waals surface area contributed by atoms with Crippen molar-refractivity contribution in [2.45, 2.75) is 31.1 Å². The first-order chi connectivity index (χ1) is 7.16. The maximum absolute atomic E-state index is 13.0. The Morgan fingerprint density at radius 2 is 2.20 bits per heavy atom. The molecule has 1 aromatic rings. The van der Waals surface area contributed by atoms with Crippen LogP contribution < -0.4 is 0 Å². The molecule has 82 valence electrons. The lowest BCUT2D eigenvalue weighted by Crippen LogP contribution is -2.12. The van der Waals surface area contributed by atoms with Gasteiger partial charge in [-0.05, 0) is 46.0 Å². The van der Waals surface area contributed by atoms with E-state index in [9.17, 15) is 4.39 Å². The number of alkyl halides is 1. The molecule has 1 aliphatic carbocycles. The van der Waals surface area contributed by atoms with E-state index in [0.717, 1.165) is 17.9 Å². The zero-order chi connectivity index (χ0) is 10.8. The first kappa shape index (κ1) is 11.4. The zero-order valence-electron chi connectivity index (χ0n) is 8.35. The van der Waals surface area contributed by atoms with Gasteiger partial charge >= 0.3 is 0 Å². The second kappa shape index (κ2) is 4.84. The molecule has 1 saturated carbocycles. The Hall–Kier alpha value is -0.0800. The summed E-state index contributed by atoms with van der Waals surface area (Å²) in [5.41, 5.74) is 1.01. The molecule has 0 aliphatic heterocycles.